The number of aromatic nitrogens is 1. The first-order chi connectivity index (χ1) is 13.6. The van der Waals surface area contributed by atoms with Gasteiger partial charge in [0.15, 0.2) is 0 Å². The Hall–Kier alpha value is -1.92. The average Bonchev–Trinajstić information content (AvgIpc) is 3.47. The number of hydrogen-bond acceptors (Lipinski definition) is 4. The number of nitrogens with zero attached hydrogens (tertiary/aromatic N) is 2. The van der Waals surface area contributed by atoms with Crippen LogP contribution in [0.5, 0.6) is 0 Å². The van der Waals surface area contributed by atoms with Crippen molar-refractivity contribution in [3.8, 4) is 0 Å². The number of nitrogens with one attached hydrogen (secondary N) is 1. The molecule has 1 aliphatic heterocycles. The quantitative estimate of drug-likeness (QED) is 0.775. The van der Waals surface area contributed by atoms with Gasteiger partial charge in [-0.15, -0.1) is 11.3 Å². The lowest BCUT2D eigenvalue weighted by Crippen LogP contribution is -2.38. The fourth-order valence-corrected chi connectivity index (χ4v) is 4.81. The lowest BCUT2D eigenvalue weighted by Gasteiger charge is -2.31. The molecule has 1 aromatic carbocycles. The van der Waals surface area contributed by atoms with E-state index in [-0.39, 0.29) is 17.7 Å². The van der Waals surface area contributed by atoms with E-state index in [1.807, 2.05) is 17.0 Å². The molecular weight excluding hydrogens is 394 g/mol. The number of carbonyl (C=O) groups is 2. The van der Waals surface area contributed by atoms with Crippen LogP contribution >= 0.6 is 22.9 Å². The van der Waals surface area contributed by atoms with E-state index in [4.69, 9.17) is 16.6 Å². The molecule has 4 rings (SSSR count). The number of benzene rings is 1. The number of hydrogen-bond donors (Lipinski definition) is 1. The molecule has 28 heavy (non-hydrogen) atoms. The van der Waals surface area contributed by atoms with Crippen LogP contribution in [-0.4, -0.2) is 41.3 Å². The summed E-state index contributed by atoms with van der Waals surface area (Å²) in [6.07, 6.45) is 4.68. The third kappa shape index (κ3) is 4.55. The number of carbonyl (C=O) groups excluding carboxylic acids is 2. The Kier molecular flexibility index (Phi) is 5.97. The smallest absolute Gasteiger partial charge is 0.255 e. The molecule has 0 spiro atoms. The number of likely N-dealkylation sites (tertiary alicyclic amines) is 1. The Labute approximate surface area is 174 Å². The molecule has 1 aliphatic carbocycles. The molecule has 0 unspecified atom stereocenters. The maximum Gasteiger partial charge on any atom is 0.255 e. The second-order valence-electron chi connectivity index (χ2n) is 7.54. The highest BCUT2D eigenvalue weighted by molar-refractivity contribution is 7.09. The zero-order chi connectivity index (χ0) is 19.5. The van der Waals surface area contributed by atoms with E-state index in [1.54, 1.807) is 23.5 Å². The van der Waals surface area contributed by atoms with Gasteiger partial charge in [0.05, 0.1) is 21.3 Å². The summed E-state index contributed by atoms with van der Waals surface area (Å²) in [5, 5.41) is 6.74. The van der Waals surface area contributed by atoms with Gasteiger partial charge in [0.25, 0.3) is 5.91 Å². The highest BCUT2D eigenvalue weighted by atomic mass is 35.5. The van der Waals surface area contributed by atoms with Crippen molar-refractivity contribution in [1.29, 1.82) is 0 Å². The summed E-state index contributed by atoms with van der Waals surface area (Å²) in [7, 11) is 0. The Morgan fingerprint density at radius 2 is 1.93 bits per heavy atom. The molecule has 1 saturated heterocycles. The van der Waals surface area contributed by atoms with Gasteiger partial charge in [0.1, 0.15) is 0 Å². The van der Waals surface area contributed by atoms with Crippen LogP contribution in [0.2, 0.25) is 5.02 Å². The highest BCUT2D eigenvalue weighted by Gasteiger charge is 2.29. The van der Waals surface area contributed by atoms with Gasteiger partial charge in [-0.1, -0.05) is 23.7 Å². The zero-order valence-electron chi connectivity index (χ0n) is 15.7. The molecule has 1 N–H and O–H groups in total. The first-order valence-electron chi connectivity index (χ1n) is 9.87. The van der Waals surface area contributed by atoms with Gasteiger partial charge in [-0.25, -0.2) is 4.98 Å². The zero-order valence-corrected chi connectivity index (χ0v) is 17.3. The molecule has 5 nitrogen and oxygen atoms in total. The summed E-state index contributed by atoms with van der Waals surface area (Å²) in [6, 6.07) is 7.22. The minimum Gasteiger partial charge on any atom is -0.355 e. The van der Waals surface area contributed by atoms with Gasteiger partial charge in [-0.3, -0.25) is 9.59 Å². The van der Waals surface area contributed by atoms with Gasteiger partial charge >= 0.3 is 0 Å². The molecule has 1 aromatic heterocycles. The minimum absolute atomic E-state index is 0.00952. The number of thiazole rings is 1. The third-order valence-corrected chi connectivity index (χ3v) is 6.82. The molecule has 2 aliphatic rings. The first-order valence-corrected chi connectivity index (χ1v) is 11.1. The van der Waals surface area contributed by atoms with Gasteiger partial charge in [0.2, 0.25) is 5.91 Å². The van der Waals surface area contributed by atoms with Crippen molar-refractivity contribution >= 4 is 34.8 Å². The molecule has 2 heterocycles. The predicted octanol–water partition coefficient (Wildman–Crippen LogP) is 3.89. The lowest BCUT2D eigenvalue weighted by atomic mass is 9.97. The topological polar surface area (TPSA) is 62.3 Å². The molecule has 148 valence electrons. The maximum atomic E-state index is 12.7. The van der Waals surface area contributed by atoms with Crippen LogP contribution in [0.1, 0.15) is 52.7 Å². The van der Waals surface area contributed by atoms with Crippen LogP contribution in [0.15, 0.2) is 29.6 Å². The maximum absolute atomic E-state index is 12.7. The highest BCUT2D eigenvalue weighted by Crippen LogP contribution is 2.32. The van der Waals surface area contributed by atoms with Crippen LogP contribution in [0.4, 0.5) is 0 Å². The summed E-state index contributed by atoms with van der Waals surface area (Å²) in [5.74, 6) is 0.848. The van der Waals surface area contributed by atoms with Gasteiger partial charge < -0.3 is 10.2 Å². The molecule has 0 radical (unpaired) electrons. The van der Waals surface area contributed by atoms with Crippen molar-refractivity contribution in [3.63, 3.8) is 0 Å². The van der Waals surface area contributed by atoms with Crippen LogP contribution in [0, 0.1) is 5.92 Å². The lowest BCUT2D eigenvalue weighted by molar-refractivity contribution is -0.122. The second-order valence-corrected chi connectivity index (χ2v) is 8.84. The van der Waals surface area contributed by atoms with Crippen LogP contribution in [-0.2, 0) is 11.2 Å². The minimum atomic E-state index is 0.00952. The van der Waals surface area contributed by atoms with Crippen molar-refractivity contribution < 1.29 is 9.59 Å². The van der Waals surface area contributed by atoms with E-state index in [9.17, 15) is 9.59 Å². The van der Waals surface area contributed by atoms with E-state index in [0.717, 1.165) is 55.9 Å². The Morgan fingerprint density at radius 3 is 2.64 bits per heavy atom. The van der Waals surface area contributed by atoms with E-state index in [2.05, 4.69) is 10.7 Å². The summed E-state index contributed by atoms with van der Waals surface area (Å²) >= 11 is 7.86. The number of halogens is 1. The van der Waals surface area contributed by atoms with E-state index >= 15 is 0 Å². The van der Waals surface area contributed by atoms with Crippen LogP contribution in [0.25, 0.3) is 0 Å². The van der Waals surface area contributed by atoms with E-state index in [0.29, 0.717) is 23.0 Å². The monoisotopic (exact) mass is 417 g/mol. The molecule has 2 amide bonds. The summed E-state index contributed by atoms with van der Waals surface area (Å²) in [4.78, 5) is 31.0. The van der Waals surface area contributed by atoms with Crippen molar-refractivity contribution in [1.82, 2.24) is 15.2 Å². The third-order valence-electron chi connectivity index (χ3n) is 5.43. The standard InChI is InChI=1S/C21H24ClN3O2S/c22-18-4-2-1-3-17(18)21(27)25-11-8-15(9-12-25)20-24-16(13-28-20)7-10-23-19(26)14-5-6-14/h1-4,13-15H,5-12H2,(H,23,26). The number of amides is 2. The first kappa shape index (κ1) is 19.4. The van der Waals surface area contributed by atoms with Crippen LogP contribution in [0.3, 0.4) is 0 Å². The van der Waals surface area contributed by atoms with Crippen LogP contribution < -0.4 is 5.32 Å². The fraction of sp³-hybridized carbons (Fsp3) is 0.476. The summed E-state index contributed by atoms with van der Waals surface area (Å²) in [6.45, 7) is 2.10. The van der Waals surface area contributed by atoms with Gasteiger partial charge in [-0.05, 0) is 37.8 Å². The Bertz CT molecular complexity index is 857. The van der Waals surface area contributed by atoms with Gasteiger partial charge in [0, 0.05) is 43.3 Å². The molecule has 0 bridgehead atoms. The Balaban J connectivity index is 1.27. The van der Waals surface area contributed by atoms with Crippen molar-refractivity contribution in [2.24, 2.45) is 5.92 Å². The largest absolute Gasteiger partial charge is 0.355 e. The molecule has 2 fully saturated rings. The fourth-order valence-electron chi connectivity index (χ4n) is 3.56. The summed E-state index contributed by atoms with van der Waals surface area (Å²) in [5.41, 5.74) is 1.62. The second kappa shape index (κ2) is 8.62. The van der Waals surface area contributed by atoms with Gasteiger partial charge in [-0.2, -0.15) is 0 Å². The predicted molar refractivity (Wildman–Crippen MR) is 111 cm³/mol. The molecule has 0 atom stereocenters. The molecular formula is C21H24ClN3O2S. The average molecular weight is 418 g/mol. The SMILES string of the molecule is O=C(NCCc1csc(C2CCN(C(=O)c3ccccc3Cl)CC2)n1)C1CC1. The van der Waals surface area contributed by atoms with Crippen molar-refractivity contribution in [2.75, 3.05) is 19.6 Å². The van der Waals surface area contributed by atoms with Crippen molar-refractivity contribution in [3.05, 3.63) is 50.9 Å². The number of rotatable bonds is 6. The normalized spacial score (nSPS) is 17.5. The van der Waals surface area contributed by atoms with E-state index in [1.165, 1.54) is 0 Å². The Morgan fingerprint density at radius 1 is 1.18 bits per heavy atom. The molecule has 2 aromatic rings. The summed E-state index contributed by atoms with van der Waals surface area (Å²) < 4.78 is 0. The molecule has 1 saturated carbocycles. The van der Waals surface area contributed by atoms with Crippen molar-refractivity contribution in [2.45, 2.75) is 38.0 Å². The number of piperidine rings is 1. The van der Waals surface area contributed by atoms with E-state index < -0.39 is 0 Å². The molecule has 7 heteroatoms.